The molecule has 1 N–H and O–H groups in total. The van der Waals surface area contributed by atoms with Crippen molar-refractivity contribution in [1.29, 1.82) is 0 Å². The molecule has 0 aliphatic carbocycles. The van der Waals surface area contributed by atoms with Gasteiger partial charge >= 0.3 is 5.97 Å². The summed E-state index contributed by atoms with van der Waals surface area (Å²) >= 11 is 0. The molecular weight excluding hydrogens is 266 g/mol. The van der Waals surface area contributed by atoms with E-state index in [2.05, 4.69) is 12.2 Å². The molecule has 4 heteroatoms. The van der Waals surface area contributed by atoms with Gasteiger partial charge in [0.25, 0.3) is 0 Å². The smallest absolute Gasteiger partial charge is 0.325 e. The summed E-state index contributed by atoms with van der Waals surface area (Å²) in [7, 11) is 0. The summed E-state index contributed by atoms with van der Waals surface area (Å²) in [6.45, 7) is 5.80. The molecule has 0 aliphatic heterocycles. The van der Waals surface area contributed by atoms with Crippen LogP contribution >= 0.6 is 0 Å². The van der Waals surface area contributed by atoms with E-state index in [9.17, 15) is 9.59 Å². The first kappa shape index (κ1) is 19.9. The van der Waals surface area contributed by atoms with Gasteiger partial charge in [0.2, 0.25) is 5.91 Å². The molecule has 21 heavy (non-hydrogen) atoms. The van der Waals surface area contributed by atoms with E-state index in [1.54, 1.807) is 13.8 Å². The average Bonchev–Trinajstić information content (AvgIpc) is 2.42. The molecule has 0 aromatic heterocycles. The maximum absolute atomic E-state index is 11.5. The van der Waals surface area contributed by atoms with Gasteiger partial charge < -0.3 is 10.1 Å². The van der Waals surface area contributed by atoms with Gasteiger partial charge in [-0.25, -0.2) is 0 Å². The molecule has 0 fully saturated rings. The van der Waals surface area contributed by atoms with Crippen LogP contribution in [0.15, 0.2) is 0 Å². The van der Waals surface area contributed by atoms with Gasteiger partial charge in [-0.2, -0.15) is 0 Å². The maximum atomic E-state index is 11.5. The number of rotatable bonds is 13. The Morgan fingerprint density at radius 3 is 1.95 bits per heavy atom. The van der Waals surface area contributed by atoms with Crippen LogP contribution in [0.2, 0.25) is 0 Å². The second-order valence-electron chi connectivity index (χ2n) is 5.89. The summed E-state index contributed by atoms with van der Waals surface area (Å²) in [5.74, 6) is -0.427. The van der Waals surface area contributed by atoms with Gasteiger partial charge in [-0.1, -0.05) is 58.3 Å². The fourth-order valence-corrected chi connectivity index (χ4v) is 2.16. The lowest BCUT2D eigenvalue weighted by Crippen LogP contribution is -2.31. The molecule has 124 valence electrons. The van der Waals surface area contributed by atoms with Crippen LogP contribution in [-0.2, 0) is 14.3 Å². The Morgan fingerprint density at radius 1 is 0.905 bits per heavy atom. The van der Waals surface area contributed by atoms with Gasteiger partial charge in [0, 0.05) is 6.42 Å². The predicted octanol–water partition coefficient (Wildman–Crippen LogP) is 3.98. The largest absolute Gasteiger partial charge is 0.462 e. The van der Waals surface area contributed by atoms with Crippen molar-refractivity contribution in [3.05, 3.63) is 0 Å². The molecule has 0 spiro atoms. The highest BCUT2D eigenvalue weighted by Gasteiger charge is 2.07. The van der Waals surface area contributed by atoms with E-state index >= 15 is 0 Å². The molecule has 0 unspecified atom stereocenters. The molecule has 4 nitrogen and oxygen atoms in total. The van der Waals surface area contributed by atoms with Gasteiger partial charge in [0.05, 0.1) is 6.10 Å². The summed E-state index contributed by atoms with van der Waals surface area (Å²) in [6.07, 6.45) is 11.5. The zero-order valence-corrected chi connectivity index (χ0v) is 14.1. The SMILES string of the molecule is CCCCCCCCCCCC(=O)NCC(=O)OC(C)C. The van der Waals surface area contributed by atoms with E-state index in [0.717, 1.165) is 12.8 Å². The standard InChI is InChI=1S/C17H33NO3/c1-4-5-6-7-8-9-10-11-12-13-16(19)18-14-17(20)21-15(2)3/h15H,4-14H2,1-3H3,(H,18,19). The first-order chi connectivity index (χ1) is 10.1. The Balaban J connectivity index is 3.32. The lowest BCUT2D eigenvalue weighted by atomic mass is 10.1. The van der Waals surface area contributed by atoms with Crippen LogP contribution in [0.25, 0.3) is 0 Å². The number of unbranched alkanes of at least 4 members (excludes halogenated alkanes) is 8. The van der Waals surface area contributed by atoms with Crippen molar-refractivity contribution < 1.29 is 14.3 Å². The predicted molar refractivity (Wildman–Crippen MR) is 86.1 cm³/mol. The lowest BCUT2D eigenvalue weighted by Gasteiger charge is -2.08. The van der Waals surface area contributed by atoms with Crippen LogP contribution in [0.3, 0.4) is 0 Å². The van der Waals surface area contributed by atoms with Crippen LogP contribution in [0.5, 0.6) is 0 Å². The van der Waals surface area contributed by atoms with Crippen molar-refractivity contribution in [2.75, 3.05) is 6.54 Å². The highest BCUT2D eigenvalue weighted by Crippen LogP contribution is 2.10. The van der Waals surface area contributed by atoms with Crippen LogP contribution in [0.4, 0.5) is 0 Å². The van der Waals surface area contributed by atoms with Gasteiger partial charge in [-0.3, -0.25) is 9.59 Å². The van der Waals surface area contributed by atoms with Crippen LogP contribution in [-0.4, -0.2) is 24.5 Å². The summed E-state index contributed by atoms with van der Waals surface area (Å²) in [4.78, 5) is 22.8. The van der Waals surface area contributed by atoms with E-state index in [1.165, 1.54) is 44.9 Å². The molecule has 0 heterocycles. The first-order valence-electron chi connectivity index (χ1n) is 8.52. The van der Waals surface area contributed by atoms with E-state index < -0.39 is 0 Å². The molecule has 0 aliphatic rings. The second-order valence-corrected chi connectivity index (χ2v) is 5.89. The molecule has 0 radical (unpaired) electrons. The summed E-state index contributed by atoms with van der Waals surface area (Å²) in [5.41, 5.74) is 0. The van der Waals surface area contributed by atoms with Crippen molar-refractivity contribution in [3.63, 3.8) is 0 Å². The van der Waals surface area contributed by atoms with E-state index in [-0.39, 0.29) is 24.5 Å². The minimum atomic E-state index is -0.370. The molecule has 1 amide bonds. The summed E-state index contributed by atoms with van der Waals surface area (Å²) in [6, 6.07) is 0. The van der Waals surface area contributed by atoms with Crippen molar-refractivity contribution in [2.45, 2.75) is 91.1 Å². The highest BCUT2D eigenvalue weighted by molar-refractivity contribution is 5.81. The molecule has 0 aromatic rings. The molecular formula is C17H33NO3. The highest BCUT2D eigenvalue weighted by atomic mass is 16.5. The third-order valence-electron chi connectivity index (χ3n) is 3.30. The fraction of sp³-hybridized carbons (Fsp3) is 0.882. The normalized spacial score (nSPS) is 10.7. The third kappa shape index (κ3) is 15.2. The van der Waals surface area contributed by atoms with Gasteiger partial charge in [0.15, 0.2) is 0 Å². The molecule has 0 saturated carbocycles. The van der Waals surface area contributed by atoms with Gasteiger partial charge in [0.1, 0.15) is 6.54 Å². The maximum Gasteiger partial charge on any atom is 0.325 e. The Morgan fingerprint density at radius 2 is 1.43 bits per heavy atom. The molecule has 0 bridgehead atoms. The van der Waals surface area contributed by atoms with Crippen LogP contribution < -0.4 is 5.32 Å². The topological polar surface area (TPSA) is 55.4 Å². The number of carbonyl (C=O) groups excluding carboxylic acids is 2. The van der Waals surface area contributed by atoms with Gasteiger partial charge in [-0.15, -0.1) is 0 Å². The number of amides is 1. The quantitative estimate of drug-likeness (QED) is 0.413. The molecule has 0 aromatic carbocycles. The minimum Gasteiger partial charge on any atom is -0.462 e. The Labute approximate surface area is 130 Å². The third-order valence-corrected chi connectivity index (χ3v) is 3.30. The Bertz CT molecular complexity index is 277. The summed E-state index contributed by atoms with van der Waals surface area (Å²) < 4.78 is 4.94. The Kier molecular flexibility index (Phi) is 13.2. The van der Waals surface area contributed by atoms with Crippen LogP contribution in [0, 0.1) is 0 Å². The summed E-state index contributed by atoms with van der Waals surface area (Å²) in [5, 5.41) is 2.60. The number of ether oxygens (including phenoxy) is 1. The molecule has 0 atom stereocenters. The monoisotopic (exact) mass is 299 g/mol. The first-order valence-corrected chi connectivity index (χ1v) is 8.52. The van der Waals surface area contributed by atoms with E-state index in [0.29, 0.717) is 6.42 Å². The number of carbonyl (C=O) groups is 2. The van der Waals surface area contributed by atoms with E-state index in [1.807, 2.05) is 0 Å². The number of hydrogen-bond donors (Lipinski definition) is 1. The zero-order valence-electron chi connectivity index (χ0n) is 14.1. The minimum absolute atomic E-state index is 0.0194. The molecule has 0 rings (SSSR count). The van der Waals surface area contributed by atoms with Crippen molar-refractivity contribution in [1.82, 2.24) is 5.32 Å². The molecule has 0 saturated heterocycles. The zero-order chi connectivity index (χ0) is 15.9. The fourth-order valence-electron chi connectivity index (χ4n) is 2.16. The van der Waals surface area contributed by atoms with Crippen molar-refractivity contribution in [3.8, 4) is 0 Å². The number of hydrogen-bond acceptors (Lipinski definition) is 3. The van der Waals surface area contributed by atoms with Crippen LogP contribution in [0.1, 0.15) is 85.0 Å². The lowest BCUT2D eigenvalue weighted by molar-refractivity contribution is -0.147. The van der Waals surface area contributed by atoms with Gasteiger partial charge in [-0.05, 0) is 20.3 Å². The van der Waals surface area contributed by atoms with Crippen molar-refractivity contribution in [2.24, 2.45) is 0 Å². The van der Waals surface area contributed by atoms with Crippen molar-refractivity contribution >= 4 is 11.9 Å². The number of nitrogens with one attached hydrogen (secondary N) is 1. The average molecular weight is 299 g/mol. The van der Waals surface area contributed by atoms with E-state index in [4.69, 9.17) is 4.74 Å². The number of esters is 1. The second kappa shape index (κ2) is 13.9. The Hall–Kier alpha value is -1.06.